The van der Waals surface area contributed by atoms with E-state index < -0.39 is 17.8 Å². The minimum absolute atomic E-state index is 0.0865. The Morgan fingerprint density at radius 1 is 1.08 bits per heavy atom. The highest BCUT2D eigenvalue weighted by Crippen LogP contribution is 2.19. The first-order valence-electron chi connectivity index (χ1n) is 7.26. The van der Waals surface area contributed by atoms with Gasteiger partial charge >= 0.3 is 6.03 Å². The monoisotopic (exact) mass is 349 g/mol. The molecule has 3 N–H and O–H groups in total. The molecular weight excluding hydrogens is 333 g/mol. The van der Waals surface area contributed by atoms with Crippen molar-refractivity contribution in [3.8, 4) is 0 Å². The Hall–Kier alpha value is -2.60. The molecule has 0 aliphatic carbocycles. The van der Waals surface area contributed by atoms with Crippen LogP contribution >= 0.6 is 11.6 Å². The number of rotatable bonds is 5. The van der Waals surface area contributed by atoms with Crippen LogP contribution in [0.25, 0.3) is 0 Å². The molecule has 0 bridgehead atoms. The molecule has 126 valence electrons. The standard InChI is InChI=1S/C17H17ClFN3O2/c1-11-2-4-12(5-3-11)9-20-17(24)21-10-16(23)22-13-6-7-15(19)14(18)8-13/h2-8H,9-10H2,1H3,(H,22,23)(H2,20,21,24). The van der Waals surface area contributed by atoms with Crippen LogP contribution in [0.1, 0.15) is 11.1 Å². The van der Waals surface area contributed by atoms with E-state index in [9.17, 15) is 14.0 Å². The van der Waals surface area contributed by atoms with E-state index in [2.05, 4.69) is 16.0 Å². The maximum Gasteiger partial charge on any atom is 0.315 e. The zero-order valence-electron chi connectivity index (χ0n) is 13.0. The molecule has 0 heterocycles. The predicted octanol–water partition coefficient (Wildman–Crippen LogP) is 3.23. The van der Waals surface area contributed by atoms with Gasteiger partial charge < -0.3 is 16.0 Å². The van der Waals surface area contributed by atoms with Crippen molar-refractivity contribution in [2.45, 2.75) is 13.5 Å². The highest BCUT2D eigenvalue weighted by Gasteiger charge is 2.07. The topological polar surface area (TPSA) is 70.2 Å². The Balaban J connectivity index is 1.73. The second-order valence-corrected chi connectivity index (χ2v) is 5.61. The Bertz CT molecular complexity index is 735. The number of hydrogen-bond acceptors (Lipinski definition) is 2. The molecule has 0 spiro atoms. The van der Waals surface area contributed by atoms with Crippen molar-refractivity contribution < 1.29 is 14.0 Å². The van der Waals surface area contributed by atoms with Crippen LogP contribution < -0.4 is 16.0 Å². The number of nitrogens with one attached hydrogen (secondary N) is 3. The van der Waals surface area contributed by atoms with Crippen LogP contribution in [0.3, 0.4) is 0 Å². The molecule has 2 rings (SSSR count). The summed E-state index contributed by atoms with van der Waals surface area (Å²) in [6.07, 6.45) is 0. The highest BCUT2D eigenvalue weighted by molar-refractivity contribution is 6.31. The third-order valence-electron chi connectivity index (χ3n) is 3.19. The largest absolute Gasteiger partial charge is 0.334 e. The molecule has 0 atom stereocenters. The van der Waals surface area contributed by atoms with Crippen molar-refractivity contribution in [1.29, 1.82) is 0 Å². The molecule has 0 unspecified atom stereocenters. The van der Waals surface area contributed by atoms with E-state index in [1.165, 1.54) is 12.1 Å². The summed E-state index contributed by atoms with van der Waals surface area (Å²) in [6, 6.07) is 11.1. The highest BCUT2D eigenvalue weighted by atomic mass is 35.5. The van der Waals surface area contributed by atoms with Crippen molar-refractivity contribution in [3.05, 3.63) is 64.4 Å². The van der Waals surface area contributed by atoms with Crippen molar-refractivity contribution >= 4 is 29.2 Å². The van der Waals surface area contributed by atoms with Gasteiger partial charge in [0, 0.05) is 12.2 Å². The van der Waals surface area contributed by atoms with E-state index in [1.54, 1.807) is 0 Å². The Morgan fingerprint density at radius 3 is 2.46 bits per heavy atom. The van der Waals surface area contributed by atoms with E-state index in [4.69, 9.17) is 11.6 Å². The lowest BCUT2D eigenvalue weighted by Gasteiger charge is -2.09. The van der Waals surface area contributed by atoms with Crippen LogP contribution in [0.15, 0.2) is 42.5 Å². The fourth-order valence-corrected chi connectivity index (χ4v) is 2.07. The molecular formula is C17H17ClFN3O2. The summed E-state index contributed by atoms with van der Waals surface area (Å²) < 4.78 is 13.0. The van der Waals surface area contributed by atoms with Crippen LogP contribution in [0.5, 0.6) is 0 Å². The summed E-state index contributed by atoms with van der Waals surface area (Å²) in [5.74, 6) is -1.01. The lowest BCUT2D eigenvalue weighted by molar-refractivity contribution is -0.115. The third kappa shape index (κ3) is 5.55. The summed E-state index contributed by atoms with van der Waals surface area (Å²) in [6.45, 7) is 2.13. The lowest BCUT2D eigenvalue weighted by atomic mass is 10.1. The SMILES string of the molecule is Cc1ccc(CNC(=O)NCC(=O)Nc2ccc(F)c(Cl)c2)cc1. The number of hydrogen-bond donors (Lipinski definition) is 3. The second kappa shape index (κ2) is 8.31. The Kier molecular flexibility index (Phi) is 6.14. The van der Waals surface area contributed by atoms with E-state index >= 15 is 0 Å². The number of halogens is 2. The van der Waals surface area contributed by atoms with Gasteiger partial charge in [-0.2, -0.15) is 0 Å². The van der Waals surface area contributed by atoms with Gasteiger partial charge in [-0.15, -0.1) is 0 Å². The van der Waals surface area contributed by atoms with Gasteiger partial charge in [0.05, 0.1) is 11.6 Å². The van der Waals surface area contributed by atoms with Crippen LogP contribution in [-0.4, -0.2) is 18.5 Å². The molecule has 0 saturated heterocycles. The molecule has 5 nitrogen and oxygen atoms in total. The van der Waals surface area contributed by atoms with Gasteiger partial charge in [-0.1, -0.05) is 41.4 Å². The van der Waals surface area contributed by atoms with E-state index in [1.807, 2.05) is 31.2 Å². The fourth-order valence-electron chi connectivity index (χ4n) is 1.89. The number of urea groups is 1. The second-order valence-electron chi connectivity index (χ2n) is 5.20. The normalized spacial score (nSPS) is 10.1. The van der Waals surface area contributed by atoms with Gasteiger partial charge in [0.15, 0.2) is 0 Å². The number of carbonyl (C=O) groups is 2. The maximum atomic E-state index is 13.0. The molecule has 0 aliphatic rings. The van der Waals surface area contributed by atoms with E-state index in [0.29, 0.717) is 12.2 Å². The van der Waals surface area contributed by atoms with Gasteiger partial charge in [0.2, 0.25) is 5.91 Å². The maximum absolute atomic E-state index is 13.0. The number of aryl methyl sites for hydroxylation is 1. The number of amides is 3. The van der Waals surface area contributed by atoms with Gasteiger partial charge in [-0.3, -0.25) is 4.79 Å². The molecule has 2 aromatic carbocycles. The molecule has 0 fully saturated rings. The first kappa shape index (κ1) is 17.7. The average molecular weight is 350 g/mol. The first-order chi connectivity index (χ1) is 11.4. The summed E-state index contributed by atoms with van der Waals surface area (Å²) in [4.78, 5) is 23.4. The molecule has 0 radical (unpaired) electrons. The summed E-state index contributed by atoms with van der Waals surface area (Å²) in [7, 11) is 0. The van der Waals surface area contributed by atoms with Gasteiger partial charge in [-0.25, -0.2) is 9.18 Å². The van der Waals surface area contributed by atoms with Crippen LogP contribution in [-0.2, 0) is 11.3 Å². The molecule has 2 aromatic rings. The predicted molar refractivity (Wildman–Crippen MR) is 91.5 cm³/mol. The summed E-state index contributed by atoms with van der Waals surface area (Å²) >= 11 is 5.63. The van der Waals surface area contributed by atoms with E-state index in [-0.39, 0.29) is 11.6 Å². The fraction of sp³-hybridized carbons (Fsp3) is 0.176. The Morgan fingerprint density at radius 2 is 1.79 bits per heavy atom. The van der Waals surface area contributed by atoms with Gasteiger partial charge in [0.1, 0.15) is 5.82 Å². The van der Waals surface area contributed by atoms with Crippen molar-refractivity contribution in [2.75, 3.05) is 11.9 Å². The van der Waals surface area contributed by atoms with Crippen LogP contribution in [0.2, 0.25) is 5.02 Å². The van der Waals surface area contributed by atoms with Gasteiger partial charge in [-0.05, 0) is 30.7 Å². The minimum Gasteiger partial charge on any atom is -0.334 e. The smallest absolute Gasteiger partial charge is 0.315 e. The number of carbonyl (C=O) groups excluding carboxylic acids is 2. The molecule has 24 heavy (non-hydrogen) atoms. The Labute approximate surface area is 144 Å². The molecule has 0 aliphatic heterocycles. The average Bonchev–Trinajstić information content (AvgIpc) is 2.56. The van der Waals surface area contributed by atoms with Crippen LogP contribution in [0.4, 0.5) is 14.9 Å². The zero-order chi connectivity index (χ0) is 17.5. The summed E-state index contributed by atoms with van der Waals surface area (Å²) in [5.41, 5.74) is 2.45. The first-order valence-corrected chi connectivity index (χ1v) is 7.64. The lowest BCUT2D eigenvalue weighted by Crippen LogP contribution is -2.39. The zero-order valence-corrected chi connectivity index (χ0v) is 13.8. The van der Waals surface area contributed by atoms with Crippen LogP contribution in [0, 0.1) is 12.7 Å². The van der Waals surface area contributed by atoms with E-state index in [0.717, 1.165) is 17.2 Å². The molecule has 0 aromatic heterocycles. The molecule has 7 heteroatoms. The third-order valence-corrected chi connectivity index (χ3v) is 3.48. The van der Waals surface area contributed by atoms with Crippen molar-refractivity contribution in [2.24, 2.45) is 0 Å². The number of anilines is 1. The quantitative estimate of drug-likeness (QED) is 0.775. The van der Waals surface area contributed by atoms with Crippen molar-refractivity contribution in [1.82, 2.24) is 10.6 Å². The van der Waals surface area contributed by atoms with Crippen molar-refractivity contribution in [3.63, 3.8) is 0 Å². The number of benzene rings is 2. The van der Waals surface area contributed by atoms with Gasteiger partial charge in [0.25, 0.3) is 0 Å². The minimum atomic E-state index is -0.566. The molecule has 3 amide bonds. The molecule has 0 saturated carbocycles. The summed E-state index contributed by atoms with van der Waals surface area (Å²) in [5, 5.41) is 7.52.